The van der Waals surface area contributed by atoms with Crippen LogP contribution in [0.4, 0.5) is 4.39 Å². The molecule has 0 aromatic heterocycles. The van der Waals surface area contributed by atoms with Crippen LogP contribution in [-0.2, 0) is 10.3 Å². The number of aliphatic hydroxyl groups excluding tert-OH is 1. The van der Waals surface area contributed by atoms with Crippen molar-refractivity contribution in [2.24, 2.45) is 11.7 Å². The van der Waals surface area contributed by atoms with Crippen LogP contribution in [0, 0.1) is 11.7 Å². The minimum Gasteiger partial charge on any atom is -0.396 e. The van der Waals surface area contributed by atoms with Crippen LogP contribution in [0.3, 0.4) is 0 Å². The summed E-state index contributed by atoms with van der Waals surface area (Å²) >= 11 is 0. The maximum absolute atomic E-state index is 13.7. The lowest BCUT2D eigenvalue weighted by Crippen LogP contribution is -2.47. The van der Waals surface area contributed by atoms with Gasteiger partial charge >= 0.3 is 0 Å². The standard InChI is InChI=1S/C12H16FNO2/c1-8-10(6-15)12(14,7-16-8)9-4-2-3-5-11(9)13/h2-5,8,10,15H,6-7,14H2,1H3/t8-,10?,12-/m1/s1. The molecule has 3 nitrogen and oxygen atoms in total. The van der Waals surface area contributed by atoms with Crippen molar-refractivity contribution < 1.29 is 14.2 Å². The lowest BCUT2D eigenvalue weighted by molar-refractivity contribution is 0.0861. The molecule has 0 spiro atoms. The minimum atomic E-state index is -0.931. The second kappa shape index (κ2) is 4.13. The van der Waals surface area contributed by atoms with Gasteiger partial charge in [-0.2, -0.15) is 0 Å². The first-order valence-corrected chi connectivity index (χ1v) is 5.36. The van der Waals surface area contributed by atoms with E-state index >= 15 is 0 Å². The minimum absolute atomic E-state index is 0.105. The van der Waals surface area contributed by atoms with E-state index in [1.54, 1.807) is 18.2 Å². The SMILES string of the molecule is C[C@H]1OC[C@@](N)(c2ccccc2F)C1CO. The molecule has 4 heteroatoms. The fourth-order valence-corrected chi connectivity index (χ4v) is 2.34. The lowest BCUT2D eigenvalue weighted by atomic mass is 9.79. The second-order valence-corrected chi connectivity index (χ2v) is 4.33. The molecule has 1 unspecified atom stereocenters. The summed E-state index contributed by atoms with van der Waals surface area (Å²) in [5.41, 5.74) is 5.69. The Morgan fingerprint density at radius 1 is 1.56 bits per heavy atom. The summed E-state index contributed by atoms with van der Waals surface area (Å²) in [6, 6.07) is 6.39. The summed E-state index contributed by atoms with van der Waals surface area (Å²) in [5.74, 6) is -0.620. The van der Waals surface area contributed by atoms with Gasteiger partial charge in [-0.05, 0) is 13.0 Å². The summed E-state index contributed by atoms with van der Waals surface area (Å²) in [6.07, 6.45) is -0.158. The fraction of sp³-hybridized carbons (Fsp3) is 0.500. The van der Waals surface area contributed by atoms with Gasteiger partial charge in [0.1, 0.15) is 5.82 Å². The third-order valence-electron chi connectivity index (χ3n) is 3.39. The Balaban J connectivity index is 2.42. The highest BCUT2D eigenvalue weighted by molar-refractivity contribution is 5.28. The van der Waals surface area contributed by atoms with E-state index in [0.29, 0.717) is 5.56 Å². The fourth-order valence-electron chi connectivity index (χ4n) is 2.34. The van der Waals surface area contributed by atoms with Crippen LogP contribution in [0.5, 0.6) is 0 Å². The van der Waals surface area contributed by atoms with E-state index in [2.05, 4.69) is 0 Å². The van der Waals surface area contributed by atoms with E-state index in [4.69, 9.17) is 10.5 Å². The van der Waals surface area contributed by atoms with Crippen LogP contribution in [0.2, 0.25) is 0 Å². The van der Waals surface area contributed by atoms with E-state index in [0.717, 1.165) is 0 Å². The van der Waals surface area contributed by atoms with Gasteiger partial charge in [-0.3, -0.25) is 0 Å². The van der Waals surface area contributed by atoms with Gasteiger partial charge in [0.15, 0.2) is 0 Å². The molecule has 0 saturated carbocycles. The highest BCUT2D eigenvalue weighted by atomic mass is 19.1. The van der Waals surface area contributed by atoms with Gasteiger partial charge in [0.25, 0.3) is 0 Å². The van der Waals surface area contributed by atoms with Crippen molar-refractivity contribution in [1.29, 1.82) is 0 Å². The Morgan fingerprint density at radius 2 is 2.25 bits per heavy atom. The van der Waals surface area contributed by atoms with Crippen LogP contribution >= 0.6 is 0 Å². The number of hydrogen-bond acceptors (Lipinski definition) is 3. The number of hydrogen-bond donors (Lipinski definition) is 2. The highest BCUT2D eigenvalue weighted by Gasteiger charge is 2.47. The molecule has 2 rings (SSSR count). The third-order valence-corrected chi connectivity index (χ3v) is 3.39. The van der Waals surface area contributed by atoms with Crippen LogP contribution in [0.15, 0.2) is 24.3 Å². The summed E-state index contributed by atoms with van der Waals surface area (Å²) in [5, 5.41) is 9.34. The highest BCUT2D eigenvalue weighted by Crippen LogP contribution is 2.37. The molecule has 1 aromatic carbocycles. The summed E-state index contributed by atoms with van der Waals surface area (Å²) in [6.45, 7) is 1.97. The predicted octanol–water partition coefficient (Wildman–Crippen LogP) is 1.01. The van der Waals surface area contributed by atoms with Gasteiger partial charge in [-0.1, -0.05) is 18.2 Å². The topological polar surface area (TPSA) is 55.5 Å². The molecule has 1 heterocycles. The van der Waals surface area contributed by atoms with Crippen LogP contribution < -0.4 is 5.73 Å². The Hall–Kier alpha value is -0.970. The molecule has 0 bridgehead atoms. The molecular formula is C12H16FNO2. The molecule has 16 heavy (non-hydrogen) atoms. The molecular weight excluding hydrogens is 209 g/mol. The lowest BCUT2D eigenvalue weighted by Gasteiger charge is -2.30. The molecule has 0 radical (unpaired) electrons. The normalized spacial score (nSPS) is 34.2. The Bertz CT molecular complexity index is 385. The van der Waals surface area contributed by atoms with Gasteiger partial charge in [0, 0.05) is 11.5 Å². The molecule has 3 N–H and O–H groups in total. The van der Waals surface area contributed by atoms with Crippen LogP contribution in [0.1, 0.15) is 12.5 Å². The number of ether oxygens (including phenoxy) is 1. The largest absolute Gasteiger partial charge is 0.396 e. The van der Waals surface area contributed by atoms with E-state index in [1.165, 1.54) is 6.07 Å². The van der Waals surface area contributed by atoms with Crippen molar-refractivity contribution in [2.75, 3.05) is 13.2 Å². The van der Waals surface area contributed by atoms with Crippen molar-refractivity contribution in [1.82, 2.24) is 0 Å². The molecule has 0 amide bonds. The summed E-state index contributed by atoms with van der Waals surface area (Å²) < 4.78 is 19.1. The average molecular weight is 225 g/mol. The summed E-state index contributed by atoms with van der Waals surface area (Å²) in [7, 11) is 0. The zero-order chi connectivity index (χ0) is 11.8. The molecule has 3 atom stereocenters. The Labute approximate surface area is 94.0 Å². The molecule has 0 aliphatic carbocycles. The Kier molecular flexibility index (Phi) is 2.97. The summed E-state index contributed by atoms with van der Waals surface area (Å²) in [4.78, 5) is 0. The number of aliphatic hydroxyl groups is 1. The first-order valence-electron chi connectivity index (χ1n) is 5.36. The van der Waals surface area contributed by atoms with Gasteiger partial charge in [0.05, 0.1) is 24.9 Å². The van der Waals surface area contributed by atoms with E-state index < -0.39 is 5.54 Å². The zero-order valence-corrected chi connectivity index (χ0v) is 9.19. The van der Waals surface area contributed by atoms with E-state index in [1.807, 2.05) is 6.92 Å². The Morgan fingerprint density at radius 3 is 2.88 bits per heavy atom. The first-order chi connectivity index (χ1) is 7.59. The predicted molar refractivity (Wildman–Crippen MR) is 58.3 cm³/mol. The molecule has 88 valence electrons. The van der Waals surface area contributed by atoms with Crippen LogP contribution in [-0.4, -0.2) is 24.4 Å². The van der Waals surface area contributed by atoms with Crippen molar-refractivity contribution >= 4 is 0 Å². The van der Waals surface area contributed by atoms with Gasteiger partial charge < -0.3 is 15.6 Å². The smallest absolute Gasteiger partial charge is 0.128 e. The van der Waals surface area contributed by atoms with Gasteiger partial charge in [-0.25, -0.2) is 4.39 Å². The first kappa shape index (κ1) is 11.5. The molecule has 1 fully saturated rings. The quantitative estimate of drug-likeness (QED) is 0.789. The van der Waals surface area contributed by atoms with Crippen molar-refractivity contribution in [2.45, 2.75) is 18.6 Å². The number of benzene rings is 1. The second-order valence-electron chi connectivity index (χ2n) is 4.33. The number of halogens is 1. The van der Waals surface area contributed by atoms with E-state index in [9.17, 15) is 9.50 Å². The van der Waals surface area contributed by atoms with Crippen molar-refractivity contribution in [3.05, 3.63) is 35.6 Å². The maximum Gasteiger partial charge on any atom is 0.128 e. The molecule has 1 aliphatic rings. The number of rotatable bonds is 2. The van der Waals surface area contributed by atoms with Gasteiger partial charge in [-0.15, -0.1) is 0 Å². The molecule has 1 aromatic rings. The average Bonchev–Trinajstić information content (AvgIpc) is 2.56. The van der Waals surface area contributed by atoms with Crippen molar-refractivity contribution in [3.63, 3.8) is 0 Å². The van der Waals surface area contributed by atoms with Crippen LogP contribution in [0.25, 0.3) is 0 Å². The van der Waals surface area contributed by atoms with E-state index in [-0.39, 0.29) is 31.1 Å². The van der Waals surface area contributed by atoms with Crippen molar-refractivity contribution in [3.8, 4) is 0 Å². The molecule has 1 saturated heterocycles. The van der Waals surface area contributed by atoms with Gasteiger partial charge in [0.2, 0.25) is 0 Å². The maximum atomic E-state index is 13.7. The third kappa shape index (κ3) is 1.63. The monoisotopic (exact) mass is 225 g/mol. The zero-order valence-electron chi connectivity index (χ0n) is 9.19. The number of nitrogens with two attached hydrogens (primary N) is 1. The molecule has 1 aliphatic heterocycles.